The van der Waals surface area contributed by atoms with Crippen molar-refractivity contribution < 1.29 is 9.59 Å². The quantitative estimate of drug-likeness (QED) is 0.683. The first-order valence-electron chi connectivity index (χ1n) is 8.60. The van der Waals surface area contributed by atoms with Crippen LogP contribution in [0, 0.1) is 5.92 Å². The molecular weight excluding hydrogens is 328 g/mol. The van der Waals surface area contributed by atoms with Gasteiger partial charge in [-0.3, -0.25) is 14.4 Å². The van der Waals surface area contributed by atoms with Gasteiger partial charge < -0.3 is 0 Å². The van der Waals surface area contributed by atoms with Gasteiger partial charge in [0.1, 0.15) is 5.56 Å². The maximum Gasteiger partial charge on any atom is 0.279 e. The van der Waals surface area contributed by atoms with E-state index in [2.05, 4.69) is 0 Å². The van der Waals surface area contributed by atoms with Gasteiger partial charge >= 0.3 is 0 Å². The first-order valence-corrected chi connectivity index (χ1v) is 8.60. The molecule has 0 aliphatic heterocycles. The fourth-order valence-corrected chi connectivity index (χ4v) is 3.47. The molecule has 4 rings (SSSR count). The number of aromatic nitrogens is 2. The van der Waals surface area contributed by atoms with Gasteiger partial charge in [0.05, 0.1) is 11.4 Å². The molecule has 0 saturated carbocycles. The minimum Gasteiger partial charge on any atom is -0.285 e. The summed E-state index contributed by atoms with van der Waals surface area (Å²) in [6.45, 7) is 4.47. The second-order valence-electron chi connectivity index (χ2n) is 6.86. The maximum absolute atomic E-state index is 13.1. The van der Waals surface area contributed by atoms with Gasteiger partial charge in [0.2, 0.25) is 11.6 Å². The Bertz CT molecular complexity index is 1090. The van der Waals surface area contributed by atoms with Crippen LogP contribution in [0.2, 0.25) is 0 Å². The first-order chi connectivity index (χ1) is 12.5. The highest BCUT2D eigenvalue weighted by Crippen LogP contribution is 2.34. The zero-order valence-electron chi connectivity index (χ0n) is 14.6. The van der Waals surface area contributed by atoms with Crippen molar-refractivity contribution in [3.8, 4) is 16.9 Å². The van der Waals surface area contributed by atoms with E-state index >= 15 is 0 Å². The van der Waals surface area contributed by atoms with E-state index in [-0.39, 0.29) is 11.5 Å². The van der Waals surface area contributed by atoms with E-state index in [1.165, 1.54) is 0 Å². The topological polar surface area (TPSA) is 61.1 Å². The summed E-state index contributed by atoms with van der Waals surface area (Å²) in [4.78, 5) is 38.3. The lowest BCUT2D eigenvalue weighted by Gasteiger charge is -2.19. The third-order valence-corrected chi connectivity index (χ3v) is 4.54. The van der Waals surface area contributed by atoms with Crippen LogP contribution in [0.25, 0.3) is 16.9 Å². The molecule has 1 aromatic heterocycles. The molecule has 0 bridgehead atoms. The molecule has 2 aromatic carbocycles. The average Bonchev–Trinajstić information content (AvgIpc) is 2.93. The Morgan fingerprint density at radius 2 is 1.42 bits per heavy atom. The lowest BCUT2D eigenvalue weighted by Crippen LogP contribution is -2.29. The van der Waals surface area contributed by atoms with Crippen LogP contribution in [0.15, 0.2) is 59.4 Å². The normalized spacial score (nSPS) is 13.0. The smallest absolute Gasteiger partial charge is 0.279 e. The maximum atomic E-state index is 13.1. The molecule has 0 N–H and O–H groups in total. The zero-order valence-corrected chi connectivity index (χ0v) is 14.6. The van der Waals surface area contributed by atoms with E-state index in [0.29, 0.717) is 23.4 Å². The SMILES string of the molecule is CC(C)Cn1c(=O)c2c(n1-c1ccccc1)-c1ccccc1C(=O)C2=O. The first kappa shape index (κ1) is 16.3. The van der Waals surface area contributed by atoms with Crippen LogP contribution in [0.1, 0.15) is 34.6 Å². The molecule has 0 saturated heterocycles. The number of nitrogens with zero attached hydrogens (tertiary/aromatic N) is 2. The summed E-state index contributed by atoms with van der Waals surface area (Å²) in [6.07, 6.45) is 0. The number of hydrogen-bond acceptors (Lipinski definition) is 3. The van der Waals surface area contributed by atoms with Gasteiger partial charge in [-0.15, -0.1) is 0 Å². The van der Waals surface area contributed by atoms with Gasteiger partial charge in [-0.1, -0.05) is 56.3 Å². The molecule has 1 aliphatic rings. The molecule has 5 nitrogen and oxygen atoms in total. The van der Waals surface area contributed by atoms with E-state index in [0.717, 1.165) is 5.69 Å². The molecule has 26 heavy (non-hydrogen) atoms. The standard InChI is InChI=1S/C21H18N2O3/c1-13(2)12-22-21(26)17-18(23(22)14-8-4-3-5-9-14)15-10-6-7-11-16(15)19(24)20(17)25/h3-11,13H,12H2,1-2H3. The van der Waals surface area contributed by atoms with Crippen LogP contribution in [-0.4, -0.2) is 20.9 Å². The van der Waals surface area contributed by atoms with Crippen LogP contribution in [-0.2, 0) is 6.54 Å². The molecule has 0 fully saturated rings. The molecule has 0 unspecified atom stereocenters. The number of benzene rings is 2. The lowest BCUT2D eigenvalue weighted by molar-refractivity contribution is 0.0814. The van der Waals surface area contributed by atoms with Crippen molar-refractivity contribution in [1.29, 1.82) is 0 Å². The Morgan fingerprint density at radius 3 is 2.08 bits per heavy atom. The van der Waals surface area contributed by atoms with Gasteiger partial charge in [0, 0.05) is 17.7 Å². The minimum atomic E-state index is -0.726. The Kier molecular flexibility index (Phi) is 3.72. The zero-order chi connectivity index (χ0) is 18.4. The fourth-order valence-electron chi connectivity index (χ4n) is 3.47. The highest BCUT2D eigenvalue weighted by molar-refractivity contribution is 6.52. The molecule has 1 aliphatic carbocycles. The number of Topliss-reactive ketones (excluding diaryl/α,β-unsaturated/α-hetero) is 2. The average molecular weight is 346 g/mol. The summed E-state index contributed by atoms with van der Waals surface area (Å²) in [5, 5.41) is 0. The van der Waals surface area contributed by atoms with E-state index in [9.17, 15) is 14.4 Å². The van der Waals surface area contributed by atoms with Crippen LogP contribution in [0.4, 0.5) is 0 Å². The van der Waals surface area contributed by atoms with Crippen molar-refractivity contribution in [1.82, 2.24) is 9.36 Å². The number of fused-ring (bicyclic) bond motifs is 3. The Morgan fingerprint density at radius 1 is 0.808 bits per heavy atom. The predicted octanol–water partition coefficient (Wildman–Crippen LogP) is 3.34. The van der Waals surface area contributed by atoms with Gasteiger partial charge in [-0.25, -0.2) is 9.36 Å². The molecular formula is C21H18N2O3. The number of ketones is 2. The van der Waals surface area contributed by atoms with E-state index < -0.39 is 17.1 Å². The molecule has 3 aromatic rings. The van der Waals surface area contributed by atoms with Crippen LogP contribution in [0.3, 0.4) is 0 Å². The fraction of sp³-hybridized carbons (Fsp3) is 0.190. The second kappa shape index (κ2) is 5.95. The van der Waals surface area contributed by atoms with Crippen LogP contribution in [0.5, 0.6) is 0 Å². The summed E-state index contributed by atoms with van der Waals surface area (Å²) >= 11 is 0. The summed E-state index contributed by atoms with van der Waals surface area (Å²) in [5.41, 5.74) is 1.81. The Hall–Kier alpha value is -3.21. The second-order valence-corrected chi connectivity index (χ2v) is 6.86. The van der Waals surface area contributed by atoms with Crippen molar-refractivity contribution in [3.05, 3.63) is 76.1 Å². The van der Waals surface area contributed by atoms with E-state index in [1.54, 1.807) is 27.6 Å². The third kappa shape index (κ3) is 2.28. The summed E-state index contributed by atoms with van der Waals surface area (Å²) in [7, 11) is 0. The van der Waals surface area contributed by atoms with Gasteiger partial charge in [0.25, 0.3) is 5.56 Å². The van der Waals surface area contributed by atoms with Crippen molar-refractivity contribution in [3.63, 3.8) is 0 Å². The number of hydrogen-bond donors (Lipinski definition) is 0. The van der Waals surface area contributed by atoms with E-state index in [1.807, 2.05) is 50.2 Å². The van der Waals surface area contributed by atoms with Crippen LogP contribution >= 0.6 is 0 Å². The molecule has 0 amide bonds. The number of carbonyl (C=O) groups excluding carboxylic acids is 2. The molecule has 130 valence electrons. The van der Waals surface area contributed by atoms with E-state index in [4.69, 9.17) is 0 Å². The monoisotopic (exact) mass is 346 g/mol. The predicted molar refractivity (Wildman–Crippen MR) is 99.0 cm³/mol. The number of para-hydroxylation sites is 1. The summed E-state index contributed by atoms with van der Waals surface area (Å²) in [5.74, 6) is -1.14. The van der Waals surface area contributed by atoms with Crippen molar-refractivity contribution in [2.24, 2.45) is 5.92 Å². The third-order valence-electron chi connectivity index (χ3n) is 4.54. The molecule has 1 heterocycles. The largest absolute Gasteiger partial charge is 0.285 e. The van der Waals surface area contributed by atoms with Crippen molar-refractivity contribution in [2.45, 2.75) is 20.4 Å². The van der Waals surface area contributed by atoms with Gasteiger partial charge in [-0.2, -0.15) is 0 Å². The molecule has 0 atom stereocenters. The van der Waals surface area contributed by atoms with Gasteiger partial charge in [-0.05, 0) is 18.1 Å². The summed E-state index contributed by atoms with van der Waals surface area (Å²) < 4.78 is 3.35. The van der Waals surface area contributed by atoms with Gasteiger partial charge in [0.15, 0.2) is 0 Å². The highest BCUT2D eigenvalue weighted by atomic mass is 16.2. The number of rotatable bonds is 3. The Labute approximate surface area is 150 Å². The molecule has 5 heteroatoms. The molecule has 0 spiro atoms. The van der Waals surface area contributed by atoms with Crippen molar-refractivity contribution in [2.75, 3.05) is 0 Å². The lowest BCUT2D eigenvalue weighted by atomic mass is 9.88. The number of carbonyl (C=O) groups is 2. The highest BCUT2D eigenvalue weighted by Gasteiger charge is 2.37. The summed E-state index contributed by atoms with van der Waals surface area (Å²) in [6, 6.07) is 16.4. The van der Waals surface area contributed by atoms with Crippen LogP contribution < -0.4 is 5.56 Å². The Balaban J connectivity index is 2.15. The molecule has 0 radical (unpaired) electrons. The van der Waals surface area contributed by atoms with Crippen molar-refractivity contribution >= 4 is 11.6 Å². The minimum absolute atomic E-state index is 0.0294.